The zero-order chi connectivity index (χ0) is 16.2. The van der Waals surface area contributed by atoms with Crippen LogP contribution >= 0.6 is 0 Å². The standard InChI is InChI=1S/C16H16N5O2.CH4/c1-12-15(18-17-14-10-6-7-11-20(14)23-2)16(22)21(19-12)13-8-4-3-5-9-13;/h3-11,15H,1-2H3;1H4/q+1;. The van der Waals surface area contributed by atoms with Crippen LogP contribution in [0.1, 0.15) is 14.4 Å². The molecule has 0 saturated heterocycles. The molecule has 1 aliphatic rings. The lowest BCUT2D eigenvalue weighted by Gasteiger charge is -2.11. The van der Waals surface area contributed by atoms with Crippen LogP contribution in [0, 0.1) is 0 Å². The van der Waals surface area contributed by atoms with Gasteiger partial charge in [0, 0.05) is 6.07 Å². The third-order valence-electron chi connectivity index (χ3n) is 3.37. The molecule has 0 bridgehead atoms. The second-order valence-electron chi connectivity index (χ2n) is 4.91. The van der Waals surface area contributed by atoms with E-state index in [2.05, 4.69) is 15.3 Å². The average Bonchev–Trinajstić information content (AvgIpc) is 2.88. The maximum atomic E-state index is 12.5. The van der Waals surface area contributed by atoms with Gasteiger partial charge < -0.3 is 4.84 Å². The van der Waals surface area contributed by atoms with Gasteiger partial charge in [-0.05, 0) is 35.9 Å². The normalized spacial score (nSPS) is 16.9. The van der Waals surface area contributed by atoms with Crippen molar-refractivity contribution < 1.29 is 14.4 Å². The number of azo groups is 1. The molecule has 2 heterocycles. The first-order valence-corrected chi connectivity index (χ1v) is 7.11. The van der Waals surface area contributed by atoms with Crippen LogP contribution in [0.5, 0.6) is 0 Å². The first kappa shape index (κ1) is 17.3. The predicted molar refractivity (Wildman–Crippen MR) is 91.2 cm³/mol. The van der Waals surface area contributed by atoms with E-state index >= 15 is 0 Å². The Bertz CT molecular complexity index is 774. The van der Waals surface area contributed by atoms with Crippen molar-refractivity contribution >= 4 is 23.1 Å². The van der Waals surface area contributed by atoms with Crippen molar-refractivity contribution in [3.63, 3.8) is 0 Å². The molecule has 0 N–H and O–H groups in total. The highest BCUT2D eigenvalue weighted by molar-refractivity contribution is 6.18. The Balaban J connectivity index is 0.00000208. The number of anilines is 1. The molecule has 0 spiro atoms. The number of amides is 1. The number of carbonyl (C=O) groups excluding carboxylic acids is 1. The lowest BCUT2D eigenvalue weighted by Crippen LogP contribution is -2.40. The molecule has 0 saturated carbocycles. The fourth-order valence-electron chi connectivity index (χ4n) is 2.21. The first-order chi connectivity index (χ1) is 11.2. The van der Waals surface area contributed by atoms with Crippen LogP contribution in [-0.4, -0.2) is 24.8 Å². The first-order valence-electron chi connectivity index (χ1n) is 7.11. The van der Waals surface area contributed by atoms with E-state index in [1.54, 1.807) is 19.2 Å². The van der Waals surface area contributed by atoms with Crippen LogP contribution in [-0.2, 0) is 4.79 Å². The number of hydrogen-bond acceptors (Lipinski definition) is 5. The molecule has 2 aromatic rings. The van der Waals surface area contributed by atoms with Crippen LogP contribution in [0.25, 0.3) is 0 Å². The maximum absolute atomic E-state index is 12.5. The third-order valence-corrected chi connectivity index (χ3v) is 3.37. The van der Waals surface area contributed by atoms with Gasteiger partial charge in [0.15, 0.2) is 0 Å². The molecule has 1 amide bonds. The second-order valence-corrected chi connectivity index (χ2v) is 4.91. The number of hydrogen-bond donors (Lipinski definition) is 0. The number of rotatable bonds is 4. The minimum absolute atomic E-state index is 0. The smallest absolute Gasteiger partial charge is 0.339 e. The highest BCUT2D eigenvalue weighted by Crippen LogP contribution is 2.22. The molecule has 0 radical (unpaired) electrons. The number of nitrogens with zero attached hydrogens (tertiary/aromatic N) is 5. The van der Waals surface area contributed by atoms with Crippen molar-refractivity contribution in [1.29, 1.82) is 0 Å². The monoisotopic (exact) mass is 326 g/mol. The van der Waals surface area contributed by atoms with E-state index in [0.717, 1.165) is 0 Å². The zero-order valence-electron chi connectivity index (χ0n) is 12.8. The Morgan fingerprint density at radius 2 is 1.88 bits per heavy atom. The molecule has 1 aliphatic heterocycles. The van der Waals surface area contributed by atoms with Crippen molar-refractivity contribution in [2.75, 3.05) is 12.1 Å². The van der Waals surface area contributed by atoms with Gasteiger partial charge in [0.2, 0.25) is 6.04 Å². The molecule has 1 atom stereocenters. The number of aromatic nitrogens is 1. The molecule has 1 aromatic carbocycles. The van der Waals surface area contributed by atoms with Crippen molar-refractivity contribution in [1.82, 2.24) is 0 Å². The van der Waals surface area contributed by atoms with E-state index < -0.39 is 6.04 Å². The van der Waals surface area contributed by atoms with Gasteiger partial charge in [-0.1, -0.05) is 30.7 Å². The minimum atomic E-state index is -0.722. The third kappa shape index (κ3) is 3.29. The molecule has 124 valence electrons. The molecule has 0 fully saturated rings. The molecular formula is C17H20N5O2+. The van der Waals surface area contributed by atoms with Gasteiger partial charge in [-0.15, -0.1) is 0 Å². The largest absolute Gasteiger partial charge is 0.388 e. The molecule has 1 unspecified atom stereocenters. The van der Waals surface area contributed by atoms with Crippen molar-refractivity contribution in [3.05, 3.63) is 54.7 Å². The van der Waals surface area contributed by atoms with Gasteiger partial charge in [0.05, 0.1) is 16.5 Å². The molecule has 3 rings (SSSR count). The summed E-state index contributed by atoms with van der Waals surface area (Å²) in [6.07, 6.45) is 1.71. The zero-order valence-corrected chi connectivity index (χ0v) is 12.8. The number of para-hydroxylation sites is 1. The summed E-state index contributed by atoms with van der Waals surface area (Å²) in [5.41, 5.74) is 1.31. The van der Waals surface area contributed by atoms with E-state index in [1.165, 1.54) is 16.8 Å². The quantitative estimate of drug-likeness (QED) is 0.640. The van der Waals surface area contributed by atoms with E-state index in [-0.39, 0.29) is 13.3 Å². The Hall–Kier alpha value is -3.09. The lowest BCUT2D eigenvalue weighted by atomic mass is 10.2. The molecule has 24 heavy (non-hydrogen) atoms. The SMILES string of the molecule is C.CO[n+]1ccccc1N=NC1C(=O)N(c2ccccc2)N=C1C. The summed E-state index contributed by atoms with van der Waals surface area (Å²) in [6.45, 7) is 1.76. The van der Waals surface area contributed by atoms with Crippen molar-refractivity contribution in [2.45, 2.75) is 20.4 Å². The molecule has 0 aliphatic carbocycles. The lowest BCUT2D eigenvalue weighted by molar-refractivity contribution is -0.875. The van der Waals surface area contributed by atoms with Gasteiger partial charge in [0.25, 0.3) is 5.91 Å². The van der Waals surface area contributed by atoms with Crippen molar-refractivity contribution in [3.8, 4) is 0 Å². The summed E-state index contributed by atoms with van der Waals surface area (Å²) in [7, 11) is 1.53. The number of pyridine rings is 1. The Morgan fingerprint density at radius 1 is 1.17 bits per heavy atom. The van der Waals surface area contributed by atoms with Crippen LogP contribution in [0.4, 0.5) is 11.5 Å². The van der Waals surface area contributed by atoms with E-state index in [4.69, 9.17) is 4.84 Å². The Morgan fingerprint density at radius 3 is 2.58 bits per heavy atom. The summed E-state index contributed by atoms with van der Waals surface area (Å²) in [4.78, 5) is 17.7. The Labute approximate surface area is 140 Å². The van der Waals surface area contributed by atoms with Crippen molar-refractivity contribution in [2.24, 2.45) is 15.3 Å². The van der Waals surface area contributed by atoms with Gasteiger partial charge in [0.1, 0.15) is 13.3 Å². The maximum Gasteiger partial charge on any atom is 0.388 e. The summed E-state index contributed by atoms with van der Waals surface area (Å²) in [6, 6.07) is 13.9. The molecular weight excluding hydrogens is 306 g/mol. The fraction of sp³-hybridized carbons (Fsp3) is 0.235. The molecule has 7 nitrogen and oxygen atoms in total. The van der Waals surface area contributed by atoms with E-state index in [0.29, 0.717) is 17.2 Å². The van der Waals surface area contributed by atoms with Crippen LogP contribution < -0.4 is 14.6 Å². The summed E-state index contributed by atoms with van der Waals surface area (Å²) < 4.78 is 1.46. The van der Waals surface area contributed by atoms with Crippen LogP contribution in [0.2, 0.25) is 0 Å². The second kappa shape index (κ2) is 7.45. The van der Waals surface area contributed by atoms with E-state index in [1.807, 2.05) is 42.5 Å². The predicted octanol–water partition coefficient (Wildman–Crippen LogP) is 2.54. The highest BCUT2D eigenvalue weighted by atomic mass is 16.6. The highest BCUT2D eigenvalue weighted by Gasteiger charge is 2.36. The number of carbonyl (C=O) groups is 1. The number of hydrazone groups is 1. The van der Waals surface area contributed by atoms with Crippen LogP contribution in [0.15, 0.2) is 70.1 Å². The fourth-order valence-corrected chi connectivity index (χ4v) is 2.21. The van der Waals surface area contributed by atoms with Gasteiger partial charge >= 0.3 is 5.82 Å². The van der Waals surface area contributed by atoms with Gasteiger partial charge in [-0.2, -0.15) is 10.1 Å². The Kier molecular flexibility index (Phi) is 5.36. The topological polar surface area (TPSA) is 70.5 Å². The van der Waals surface area contributed by atoms with Gasteiger partial charge in [-0.25, -0.2) is 0 Å². The summed E-state index contributed by atoms with van der Waals surface area (Å²) >= 11 is 0. The number of benzene rings is 1. The van der Waals surface area contributed by atoms with Crippen LogP contribution in [0.3, 0.4) is 0 Å². The minimum Gasteiger partial charge on any atom is -0.339 e. The summed E-state index contributed by atoms with van der Waals surface area (Å²) in [5, 5.41) is 13.9. The summed E-state index contributed by atoms with van der Waals surface area (Å²) in [5.74, 6) is 0.270. The van der Waals surface area contributed by atoms with E-state index in [9.17, 15) is 4.79 Å². The van der Waals surface area contributed by atoms with Gasteiger partial charge in [-0.3, -0.25) is 4.79 Å². The molecule has 1 aromatic heterocycles. The molecule has 7 heteroatoms. The average molecular weight is 326 g/mol.